The molecular weight excluding hydrogens is 816 g/mol. The van der Waals surface area contributed by atoms with Gasteiger partial charge in [0.2, 0.25) is 5.91 Å². The molecule has 0 aromatic rings. The van der Waals surface area contributed by atoms with Gasteiger partial charge in [-0.2, -0.15) is 0 Å². The normalized spacial score (nSPS) is 15.0. The highest BCUT2D eigenvalue weighted by atomic mass is 31.2. The number of aliphatic hydroxyl groups excluding tert-OH is 1. The molecule has 2 N–H and O–H groups in total. The molecule has 0 rings (SSSR count). The molecule has 0 radical (unpaired) electrons. The standard InChI is InChI=1S/C55H95N2O6P/c1-6-8-10-12-14-16-18-20-22-24-26-27-28-29-31-33-35-37-39-41-43-45-47-49-55(59)56-53(52-63-64(60,61)62-51-50-57(3,4)5)54(58)48-46-44-42-40-38-36-34-32-30-25-23-21-19-17-15-13-11-9-7-2/h8,10,14,16,20,22,26-27,29-32,35,37-38,40,46,48,53-54,58H,6-7,9,11-13,15,17-19,21,23-25,28,33-34,36,39,41-45,47,49-52H2,1-5H3,(H-,56,59,60,61)/b10-8-,16-14-,22-20-,27-26-,31-29-,32-30+,37-35-,40-38+,48-46+. The highest BCUT2D eigenvalue weighted by Crippen LogP contribution is 2.38. The zero-order valence-corrected chi connectivity index (χ0v) is 42.3. The lowest BCUT2D eigenvalue weighted by molar-refractivity contribution is -0.870. The number of phosphoric acid groups is 1. The average Bonchev–Trinajstić information content (AvgIpc) is 3.25. The lowest BCUT2D eigenvalue weighted by atomic mass is 10.1. The Bertz CT molecular complexity index is 1400. The Labute approximate surface area is 393 Å². The van der Waals surface area contributed by atoms with Crippen molar-refractivity contribution in [1.82, 2.24) is 5.32 Å². The number of hydrogen-bond acceptors (Lipinski definition) is 6. The molecule has 0 fully saturated rings. The van der Waals surface area contributed by atoms with E-state index in [0.717, 1.165) is 89.9 Å². The highest BCUT2D eigenvalue weighted by molar-refractivity contribution is 7.45. The summed E-state index contributed by atoms with van der Waals surface area (Å²) >= 11 is 0. The number of nitrogens with zero attached hydrogens (tertiary/aromatic N) is 1. The van der Waals surface area contributed by atoms with Crippen LogP contribution >= 0.6 is 7.82 Å². The Morgan fingerprint density at radius 2 is 0.969 bits per heavy atom. The zero-order chi connectivity index (χ0) is 47.1. The van der Waals surface area contributed by atoms with Crippen LogP contribution in [0.3, 0.4) is 0 Å². The lowest BCUT2D eigenvalue weighted by Crippen LogP contribution is -2.45. The maximum absolute atomic E-state index is 12.9. The summed E-state index contributed by atoms with van der Waals surface area (Å²) in [5.41, 5.74) is 0. The molecule has 0 aliphatic heterocycles. The number of amides is 1. The van der Waals surface area contributed by atoms with Gasteiger partial charge >= 0.3 is 0 Å². The van der Waals surface area contributed by atoms with Crippen molar-refractivity contribution in [3.63, 3.8) is 0 Å². The maximum Gasteiger partial charge on any atom is 0.268 e. The van der Waals surface area contributed by atoms with E-state index in [9.17, 15) is 19.4 Å². The summed E-state index contributed by atoms with van der Waals surface area (Å²) < 4.78 is 23.2. The van der Waals surface area contributed by atoms with Crippen LogP contribution in [0.25, 0.3) is 0 Å². The van der Waals surface area contributed by atoms with Gasteiger partial charge in [-0.25, -0.2) is 0 Å². The fourth-order valence-electron chi connectivity index (χ4n) is 6.48. The van der Waals surface area contributed by atoms with Gasteiger partial charge in [-0.3, -0.25) is 9.36 Å². The van der Waals surface area contributed by atoms with Crippen molar-refractivity contribution in [2.45, 2.75) is 193 Å². The summed E-state index contributed by atoms with van der Waals surface area (Å²) in [6, 6.07) is -0.931. The number of carbonyl (C=O) groups excluding carboxylic acids is 1. The summed E-state index contributed by atoms with van der Waals surface area (Å²) in [6.07, 6.45) is 65.7. The van der Waals surface area contributed by atoms with E-state index in [1.807, 2.05) is 27.2 Å². The molecule has 1 amide bonds. The predicted octanol–water partition coefficient (Wildman–Crippen LogP) is 14.2. The number of rotatable bonds is 44. The highest BCUT2D eigenvalue weighted by Gasteiger charge is 2.23. The minimum Gasteiger partial charge on any atom is -0.756 e. The number of carbonyl (C=O) groups is 1. The van der Waals surface area contributed by atoms with E-state index in [1.54, 1.807) is 6.08 Å². The maximum atomic E-state index is 12.9. The van der Waals surface area contributed by atoms with E-state index in [-0.39, 0.29) is 12.5 Å². The molecule has 0 bridgehead atoms. The number of phosphoric ester groups is 1. The molecule has 64 heavy (non-hydrogen) atoms. The number of likely N-dealkylation sites (N-methyl/N-ethyl adjacent to an activating group) is 1. The number of hydrogen-bond donors (Lipinski definition) is 2. The van der Waals surface area contributed by atoms with Crippen LogP contribution < -0.4 is 10.2 Å². The zero-order valence-electron chi connectivity index (χ0n) is 41.4. The fourth-order valence-corrected chi connectivity index (χ4v) is 7.20. The molecule has 3 atom stereocenters. The van der Waals surface area contributed by atoms with E-state index < -0.39 is 26.6 Å². The van der Waals surface area contributed by atoms with Crippen LogP contribution in [0.1, 0.15) is 181 Å². The van der Waals surface area contributed by atoms with Crippen LogP contribution in [-0.4, -0.2) is 68.5 Å². The molecule has 0 spiro atoms. The van der Waals surface area contributed by atoms with Crippen LogP contribution in [0.5, 0.6) is 0 Å². The Hall–Kier alpha value is -2.84. The van der Waals surface area contributed by atoms with Crippen molar-refractivity contribution in [1.29, 1.82) is 0 Å². The number of aliphatic hydroxyl groups is 1. The van der Waals surface area contributed by atoms with Gasteiger partial charge in [0.1, 0.15) is 13.2 Å². The molecule has 9 heteroatoms. The van der Waals surface area contributed by atoms with E-state index in [4.69, 9.17) is 9.05 Å². The van der Waals surface area contributed by atoms with Crippen molar-refractivity contribution in [2.75, 3.05) is 40.9 Å². The first kappa shape index (κ1) is 61.2. The van der Waals surface area contributed by atoms with Crippen LogP contribution in [0.4, 0.5) is 0 Å². The fraction of sp³-hybridized carbons (Fsp3) is 0.655. The van der Waals surface area contributed by atoms with E-state index in [0.29, 0.717) is 23.9 Å². The quantitative estimate of drug-likeness (QED) is 0.0273. The van der Waals surface area contributed by atoms with Gasteiger partial charge < -0.3 is 28.8 Å². The minimum absolute atomic E-state index is 0.0208. The largest absolute Gasteiger partial charge is 0.756 e. The molecule has 0 saturated carbocycles. The number of allylic oxidation sites excluding steroid dienone is 17. The van der Waals surface area contributed by atoms with Crippen molar-refractivity contribution < 1.29 is 32.9 Å². The molecule has 0 heterocycles. The first-order valence-corrected chi connectivity index (χ1v) is 26.7. The minimum atomic E-state index is -4.62. The van der Waals surface area contributed by atoms with Gasteiger partial charge in [-0.1, -0.05) is 187 Å². The van der Waals surface area contributed by atoms with Crippen molar-refractivity contribution in [3.05, 3.63) is 109 Å². The van der Waals surface area contributed by atoms with Crippen LogP contribution in [0.15, 0.2) is 109 Å². The van der Waals surface area contributed by atoms with Crippen molar-refractivity contribution >= 4 is 13.7 Å². The van der Waals surface area contributed by atoms with E-state index in [2.05, 4.69) is 116 Å². The van der Waals surface area contributed by atoms with Gasteiger partial charge in [0.25, 0.3) is 7.82 Å². The second-order valence-electron chi connectivity index (χ2n) is 17.8. The third kappa shape index (κ3) is 47.1. The molecule has 366 valence electrons. The molecule has 0 aliphatic rings. The average molecular weight is 911 g/mol. The molecule has 0 aromatic carbocycles. The van der Waals surface area contributed by atoms with Crippen LogP contribution in [0, 0.1) is 0 Å². The second kappa shape index (κ2) is 45.3. The molecule has 8 nitrogen and oxygen atoms in total. The smallest absolute Gasteiger partial charge is 0.268 e. The summed E-state index contributed by atoms with van der Waals surface area (Å²) in [4.78, 5) is 25.4. The van der Waals surface area contributed by atoms with Gasteiger partial charge in [-0.05, 0) is 96.3 Å². The Morgan fingerprint density at radius 3 is 1.45 bits per heavy atom. The third-order valence-electron chi connectivity index (χ3n) is 10.4. The molecule has 0 saturated heterocycles. The van der Waals surface area contributed by atoms with E-state index >= 15 is 0 Å². The van der Waals surface area contributed by atoms with Crippen molar-refractivity contribution in [3.8, 4) is 0 Å². The molecular formula is C55H95N2O6P. The predicted molar refractivity (Wildman–Crippen MR) is 274 cm³/mol. The Kier molecular flexibility index (Phi) is 43.3. The Morgan fingerprint density at radius 1 is 0.562 bits per heavy atom. The second-order valence-corrected chi connectivity index (χ2v) is 19.2. The molecule has 0 aliphatic carbocycles. The van der Waals surface area contributed by atoms with Crippen LogP contribution in [0.2, 0.25) is 0 Å². The first-order valence-electron chi connectivity index (χ1n) is 25.2. The number of nitrogens with one attached hydrogen (secondary N) is 1. The van der Waals surface area contributed by atoms with Gasteiger partial charge in [0, 0.05) is 6.42 Å². The summed E-state index contributed by atoms with van der Waals surface area (Å²) in [6.45, 7) is 4.46. The molecule has 3 unspecified atom stereocenters. The number of unbranched alkanes of at least 4 members (excludes halogenated alkanes) is 15. The van der Waals surface area contributed by atoms with Gasteiger partial charge in [-0.15, -0.1) is 0 Å². The monoisotopic (exact) mass is 911 g/mol. The topological polar surface area (TPSA) is 108 Å². The summed E-state index contributed by atoms with van der Waals surface area (Å²) in [5.74, 6) is -0.241. The molecule has 0 aromatic heterocycles. The summed E-state index contributed by atoms with van der Waals surface area (Å²) in [5, 5.41) is 13.8. The van der Waals surface area contributed by atoms with Gasteiger partial charge in [0.15, 0.2) is 0 Å². The summed E-state index contributed by atoms with van der Waals surface area (Å²) in [7, 11) is 1.20. The van der Waals surface area contributed by atoms with Crippen molar-refractivity contribution in [2.24, 2.45) is 0 Å². The van der Waals surface area contributed by atoms with Crippen LogP contribution in [-0.2, 0) is 18.4 Å². The Balaban J connectivity index is 4.49. The first-order chi connectivity index (χ1) is 31.0. The lowest BCUT2D eigenvalue weighted by Gasteiger charge is -2.29. The van der Waals surface area contributed by atoms with Gasteiger partial charge in [0.05, 0.1) is 39.9 Å². The number of quaternary nitrogens is 1. The van der Waals surface area contributed by atoms with E-state index in [1.165, 1.54) is 64.2 Å². The SMILES string of the molecule is CC/C=C\C/C=C\C/C=C\C/C=C\C/C=C\C/C=C\CCCCCCC(=O)NC(COP(=O)([O-])OCC[N+](C)(C)C)C(O)/C=C/CC/C=C/CC/C=C/CCCCCCCCCCC. The third-order valence-corrected chi connectivity index (χ3v) is 11.4.